The van der Waals surface area contributed by atoms with Gasteiger partial charge < -0.3 is 5.32 Å². The number of anilines is 1. The lowest BCUT2D eigenvalue weighted by Crippen LogP contribution is -2.33. The predicted octanol–water partition coefficient (Wildman–Crippen LogP) is 5.41. The lowest BCUT2D eigenvalue weighted by Gasteiger charge is -2.21. The summed E-state index contributed by atoms with van der Waals surface area (Å²) in [5.41, 5.74) is 0.700. The number of carbonyl (C=O) groups excluding carboxylic acids is 1. The van der Waals surface area contributed by atoms with E-state index in [1.165, 1.54) is 11.3 Å². The summed E-state index contributed by atoms with van der Waals surface area (Å²) in [6.45, 7) is 7.30. The van der Waals surface area contributed by atoms with Crippen LogP contribution in [0.25, 0.3) is 10.2 Å². The van der Waals surface area contributed by atoms with Crippen molar-refractivity contribution in [3.05, 3.63) is 18.2 Å². The van der Waals surface area contributed by atoms with Crippen molar-refractivity contribution in [3.8, 4) is 0 Å². The molecule has 6 nitrogen and oxygen atoms in total. The number of nitrogens with zero attached hydrogens (tertiary/aromatic N) is 2. The summed E-state index contributed by atoms with van der Waals surface area (Å²) in [4.78, 5) is 16.8. The van der Waals surface area contributed by atoms with Gasteiger partial charge in [-0.15, -0.1) is 0 Å². The molecule has 1 heterocycles. The molecule has 1 aromatic carbocycles. The molecule has 0 bridgehead atoms. The first kappa shape index (κ1) is 23.8. The molecule has 0 aliphatic carbocycles. The Hall–Kier alpha value is -1.51. The molecule has 2 aromatic rings. The van der Waals surface area contributed by atoms with Crippen LogP contribution < -0.4 is 5.32 Å². The summed E-state index contributed by atoms with van der Waals surface area (Å²) in [7, 11) is -3.54. The largest absolute Gasteiger partial charge is 0.302 e. The number of thiazole rings is 1. The third-order valence-electron chi connectivity index (χ3n) is 4.77. The second kappa shape index (κ2) is 11.6. The maximum atomic E-state index is 13.2. The summed E-state index contributed by atoms with van der Waals surface area (Å²) in [5.74, 6) is -0.0457. The molecule has 162 valence electrons. The molecule has 1 N–H and O–H groups in total. The van der Waals surface area contributed by atoms with Gasteiger partial charge in [0.05, 0.1) is 15.1 Å². The van der Waals surface area contributed by atoms with Crippen molar-refractivity contribution in [1.82, 2.24) is 9.29 Å². The number of hydrogen-bond acceptors (Lipinski definition) is 5. The Morgan fingerprint density at radius 1 is 1.03 bits per heavy atom. The van der Waals surface area contributed by atoms with E-state index >= 15 is 0 Å². The van der Waals surface area contributed by atoms with Gasteiger partial charge in [-0.1, -0.05) is 57.8 Å². The number of rotatable bonds is 13. The Kier molecular flexibility index (Phi) is 9.52. The van der Waals surface area contributed by atoms with Crippen LogP contribution in [0.1, 0.15) is 72.1 Å². The molecule has 0 saturated carbocycles. The first-order chi connectivity index (χ1) is 13.9. The average molecular weight is 440 g/mol. The molecule has 2 rings (SSSR count). The smallest absolute Gasteiger partial charge is 0.243 e. The molecule has 1 amide bonds. The normalized spacial score (nSPS) is 12.0. The first-order valence-corrected chi connectivity index (χ1v) is 12.9. The van der Waals surface area contributed by atoms with Gasteiger partial charge in [0, 0.05) is 19.5 Å². The van der Waals surface area contributed by atoms with Crippen molar-refractivity contribution in [2.45, 2.75) is 77.0 Å². The van der Waals surface area contributed by atoms with Gasteiger partial charge in [0.2, 0.25) is 15.9 Å². The molecule has 8 heteroatoms. The van der Waals surface area contributed by atoms with Crippen LogP contribution >= 0.6 is 11.3 Å². The van der Waals surface area contributed by atoms with Crippen LogP contribution in [0.15, 0.2) is 23.1 Å². The topological polar surface area (TPSA) is 79.4 Å². The van der Waals surface area contributed by atoms with Crippen LogP contribution in [0, 0.1) is 0 Å². The number of benzene rings is 1. The Bertz CT molecular complexity index is 886. The molecule has 0 fully saturated rings. The van der Waals surface area contributed by atoms with Crippen LogP contribution in [0.2, 0.25) is 0 Å². The van der Waals surface area contributed by atoms with Gasteiger partial charge in [0.25, 0.3) is 0 Å². The molecule has 1 aromatic heterocycles. The Balaban J connectivity index is 2.19. The van der Waals surface area contributed by atoms with E-state index in [4.69, 9.17) is 0 Å². The standard InChI is InChI=1S/C21H33N3O3S2/c1-4-7-10-11-20(25)23-21-22-18-13-12-17(16-19(18)28-21)29(26,27)24(14-8-5-2)15-9-6-3/h12-13,16H,4-11,14-15H2,1-3H3,(H,22,23,25). The fourth-order valence-corrected chi connectivity index (χ4v) is 5.55. The van der Waals surface area contributed by atoms with Crippen LogP contribution in [-0.4, -0.2) is 36.7 Å². The summed E-state index contributed by atoms with van der Waals surface area (Å²) in [6, 6.07) is 5.03. The third kappa shape index (κ3) is 6.76. The number of amides is 1. The van der Waals surface area contributed by atoms with Crippen LogP contribution in [0.5, 0.6) is 0 Å². The lowest BCUT2D eigenvalue weighted by molar-refractivity contribution is -0.116. The average Bonchev–Trinajstić information content (AvgIpc) is 3.09. The minimum atomic E-state index is -3.54. The number of hydrogen-bond donors (Lipinski definition) is 1. The molecular formula is C21H33N3O3S2. The van der Waals surface area contributed by atoms with Crippen LogP contribution in [-0.2, 0) is 14.8 Å². The Morgan fingerprint density at radius 3 is 2.31 bits per heavy atom. The molecule has 0 saturated heterocycles. The van der Waals surface area contributed by atoms with Gasteiger partial charge in [-0.05, 0) is 37.5 Å². The molecule has 0 atom stereocenters. The van der Waals surface area contributed by atoms with Crippen molar-refractivity contribution in [1.29, 1.82) is 0 Å². The molecule has 0 spiro atoms. The minimum absolute atomic E-state index is 0.0457. The van der Waals surface area contributed by atoms with Gasteiger partial charge in [-0.25, -0.2) is 13.4 Å². The summed E-state index contributed by atoms with van der Waals surface area (Å²) >= 11 is 1.32. The highest BCUT2D eigenvalue weighted by Gasteiger charge is 2.24. The molecule has 0 unspecified atom stereocenters. The fourth-order valence-electron chi connectivity index (χ4n) is 3.01. The summed E-state index contributed by atoms with van der Waals surface area (Å²) < 4.78 is 28.7. The maximum Gasteiger partial charge on any atom is 0.243 e. The SMILES string of the molecule is CCCCCC(=O)Nc1nc2ccc(S(=O)(=O)N(CCCC)CCCC)cc2s1. The van der Waals surface area contributed by atoms with E-state index in [0.717, 1.165) is 49.6 Å². The van der Waals surface area contributed by atoms with E-state index in [0.29, 0.717) is 35.1 Å². The molecule has 29 heavy (non-hydrogen) atoms. The Labute approximate surface area is 178 Å². The van der Waals surface area contributed by atoms with Gasteiger partial charge in [-0.3, -0.25) is 4.79 Å². The van der Waals surface area contributed by atoms with Gasteiger partial charge >= 0.3 is 0 Å². The lowest BCUT2D eigenvalue weighted by atomic mass is 10.2. The van der Waals surface area contributed by atoms with Crippen molar-refractivity contribution >= 4 is 42.6 Å². The van der Waals surface area contributed by atoms with Gasteiger partial charge in [0.15, 0.2) is 5.13 Å². The number of unbranched alkanes of at least 4 members (excludes halogenated alkanes) is 4. The number of nitrogens with one attached hydrogen (secondary N) is 1. The zero-order valence-corrected chi connectivity index (χ0v) is 19.4. The van der Waals surface area contributed by atoms with Crippen LogP contribution in [0.4, 0.5) is 5.13 Å². The number of fused-ring (bicyclic) bond motifs is 1. The van der Waals surface area contributed by atoms with E-state index in [1.54, 1.807) is 22.5 Å². The quantitative estimate of drug-likeness (QED) is 0.423. The van der Waals surface area contributed by atoms with Crippen LogP contribution in [0.3, 0.4) is 0 Å². The van der Waals surface area contributed by atoms with Crippen molar-refractivity contribution in [2.75, 3.05) is 18.4 Å². The molecule has 0 radical (unpaired) electrons. The summed E-state index contributed by atoms with van der Waals surface area (Å²) in [6.07, 6.45) is 7.04. The van der Waals surface area contributed by atoms with E-state index in [9.17, 15) is 13.2 Å². The number of aromatic nitrogens is 1. The van der Waals surface area contributed by atoms with E-state index in [2.05, 4.69) is 31.1 Å². The van der Waals surface area contributed by atoms with Crippen molar-refractivity contribution < 1.29 is 13.2 Å². The van der Waals surface area contributed by atoms with Crippen molar-refractivity contribution in [3.63, 3.8) is 0 Å². The highest BCUT2D eigenvalue weighted by atomic mass is 32.2. The predicted molar refractivity (Wildman–Crippen MR) is 121 cm³/mol. The zero-order valence-electron chi connectivity index (χ0n) is 17.7. The number of sulfonamides is 1. The molecular weight excluding hydrogens is 406 g/mol. The highest BCUT2D eigenvalue weighted by Crippen LogP contribution is 2.29. The molecule has 0 aliphatic heterocycles. The monoisotopic (exact) mass is 439 g/mol. The fraction of sp³-hybridized carbons (Fsp3) is 0.619. The zero-order chi connectivity index (χ0) is 21.3. The van der Waals surface area contributed by atoms with Gasteiger partial charge in [0.1, 0.15) is 0 Å². The summed E-state index contributed by atoms with van der Waals surface area (Å²) in [5, 5.41) is 3.35. The first-order valence-electron chi connectivity index (χ1n) is 10.6. The highest BCUT2D eigenvalue weighted by molar-refractivity contribution is 7.89. The minimum Gasteiger partial charge on any atom is -0.302 e. The second-order valence-corrected chi connectivity index (χ2v) is 10.2. The third-order valence-corrected chi connectivity index (χ3v) is 7.60. The van der Waals surface area contributed by atoms with E-state index in [-0.39, 0.29) is 5.91 Å². The second-order valence-electron chi connectivity index (χ2n) is 7.27. The van der Waals surface area contributed by atoms with E-state index in [1.807, 2.05) is 0 Å². The maximum absolute atomic E-state index is 13.2. The van der Waals surface area contributed by atoms with Gasteiger partial charge in [-0.2, -0.15) is 4.31 Å². The van der Waals surface area contributed by atoms with Crippen molar-refractivity contribution in [2.24, 2.45) is 0 Å². The van der Waals surface area contributed by atoms with E-state index < -0.39 is 10.0 Å². The Morgan fingerprint density at radius 2 is 1.69 bits per heavy atom. The molecule has 0 aliphatic rings. The number of carbonyl (C=O) groups is 1.